The highest BCUT2D eigenvalue weighted by Gasteiger charge is 1.99. The van der Waals surface area contributed by atoms with Gasteiger partial charge in [0.1, 0.15) is 0 Å². The van der Waals surface area contributed by atoms with E-state index in [0.717, 1.165) is 0 Å². The summed E-state index contributed by atoms with van der Waals surface area (Å²) in [6.07, 6.45) is 1.55. The maximum absolute atomic E-state index is 11.2. The fourth-order valence-electron chi connectivity index (χ4n) is 1.14. The Kier molecular flexibility index (Phi) is 1.33. The number of rotatable bonds is 0. The lowest BCUT2D eigenvalue weighted by molar-refractivity contribution is 1.01. The molecule has 0 spiro atoms. The van der Waals surface area contributed by atoms with Crippen LogP contribution in [-0.2, 0) is 0 Å². The Morgan fingerprint density at radius 1 is 1.33 bits per heavy atom. The molecule has 0 saturated carbocycles. The van der Waals surface area contributed by atoms with Crippen LogP contribution in [0.1, 0.15) is 0 Å². The van der Waals surface area contributed by atoms with Crippen molar-refractivity contribution in [3.63, 3.8) is 0 Å². The first-order valence-corrected chi connectivity index (χ1v) is 3.51. The zero-order valence-corrected chi connectivity index (χ0v) is 6.24. The van der Waals surface area contributed by atoms with E-state index in [-0.39, 0.29) is 5.56 Å². The van der Waals surface area contributed by atoms with Crippen molar-refractivity contribution < 1.29 is 0 Å². The molecule has 12 heavy (non-hydrogen) atoms. The molecule has 0 fully saturated rings. The van der Waals surface area contributed by atoms with Crippen molar-refractivity contribution in [2.24, 2.45) is 0 Å². The lowest BCUT2D eigenvalue weighted by atomic mass is 10.2. The number of benzene rings is 1. The summed E-state index contributed by atoms with van der Waals surface area (Å²) in [4.78, 5) is 11.2. The molecule has 0 bridgehead atoms. The molecule has 0 atom stereocenters. The molecule has 4 nitrogen and oxygen atoms in total. The number of nitrogens with one attached hydrogen (secondary N) is 1. The Labute approximate surface area is 68.0 Å². The van der Waals surface area contributed by atoms with Crippen LogP contribution in [0.2, 0.25) is 0 Å². The van der Waals surface area contributed by atoms with E-state index in [2.05, 4.69) is 10.2 Å². The Bertz CT molecular complexity index is 475. The fraction of sp³-hybridized carbons (Fsp3) is 0. The number of anilines is 1. The van der Waals surface area contributed by atoms with Crippen LogP contribution in [-0.4, -0.2) is 10.2 Å². The maximum Gasteiger partial charge on any atom is 0.272 e. The van der Waals surface area contributed by atoms with Gasteiger partial charge in [0.05, 0.1) is 11.6 Å². The van der Waals surface area contributed by atoms with Gasteiger partial charge < -0.3 is 5.73 Å². The van der Waals surface area contributed by atoms with E-state index in [4.69, 9.17) is 5.73 Å². The van der Waals surface area contributed by atoms with Crippen LogP contribution in [0.5, 0.6) is 0 Å². The first kappa shape index (κ1) is 6.84. The molecule has 2 aromatic rings. The first-order valence-electron chi connectivity index (χ1n) is 3.51. The minimum absolute atomic E-state index is 0.209. The van der Waals surface area contributed by atoms with Gasteiger partial charge in [0, 0.05) is 11.1 Å². The van der Waals surface area contributed by atoms with Crippen molar-refractivity contribution in [2.75, 3.05) is 5.73 Å². The minimum atomic E-state index is -0.209. The Hall–Kier alpha value is -1.84. The normalized spacial score (nSPS) is 10.3. The Morgan fingerprint density at radius 3 is 2.92 bits per heavy atom. The average Bonchev–Trinajstić information content (AvgIpc) is 2.07. The number of hydrogen-bond acceptors (Lipinski definition) is 3. The number of hydrogen-bond donors (Lipinski definition) is 2. The number of aromatic amines is 1. The van der Waals surface area contributed by atoms with Gasteiger partial charge in [-0.1, -0.05) is 6.07 Å². The van der Waals surface area contributed by atoms with Gasteiger partial charge in [0.15, 0.2) is 0 Å². The van der Waals surface area contributed by atoms with Crippen LogP contribution in [0.25, 0.3) is 10.8 Å². The summed E-state index contributed by atoms with van der Waals surface area (Å²) in [5.74, 6) is 0. The number of nitrogen functional groups attached to an aromatic ring is 1. The summed E-state index contributed by atoms with van der Waals surface area (Å²) in [5.41, 5.74) is 6.00. The third-order valence-electron chi connectivity index (χ3n) is 1.74. The molecular formula is C8H7N3O. The molecule has 0 radical (unpaired) electrons. The lowest BCUT2D eigenvalue weighted by Gasteiger charge is -1.97. The van der Waals surface area contributed by atoms with E-state index in [0.29, 0.717) is 16.5 Å². The molecule has 0 aliphatic rings. The van der Waals surface area contributed by atoms with Gasteiger partial charge in [-0.05, 0) is 12.1 Å². The summed E-state index contributed by atoms with van der Waals surface area (Å²) in [5, 5.41) is 7.27. The van der Waals surface area contributed by atoms with Crippen LogP contribution in [0.15, 0.2) is 29.2 Å². The Morgan fingerprint density at radius 2 is 2.17 bits per heavy atom. The van der Waals surface area contributed by atoms with E-state index in [9.17, 15) is 4.79 Å². The molecule has 0 unspecified atom stereocenters. The molecule has 0 amide bonds. The molecule has 2 rings (SSSR count). The highest BCUT2D eigenvalue weighted by molar-refractivity contribution is 5.91. The lowest BCUT2D eigenvalue weighted by Crippen LogP contribution is -2.07. The van der Waals surface area contributed by atoms with Crippen molar-refractivity contribution >= 4 is 16.5 Å². The molecule has 1 heterocycles. The van der Waals surface area contributed by atoms with E-state index in [1.165, 1.54) is 0 Å². The van der Waals surface area contributed by atoms with Crippen LogP contribution in [0.4, 0.5) is 5.69 Å². The molecular weight excluding hydrogens is 154 g/mol. The number of nitrogens with two attached hydrogens (primary N) is 1. The highest BCUT2D eigenvalue weighted by atomic mass is 16.1. The van der Waals surface area contributed by atoms with Crippen molar-refractivity contribution in [3.05, 3.63) is 34.7 Å². The third-order valence-corrected chi connectivity index (χ3v) is 1.74. The smallest absolute Gasteiger partial charge is 0.272 e. The number of aromatic nitrogens is 2. The number of H-pyrrole nitrogens is 1. The van der Waals surface area contributed by atoms with Gasteiger partial charge in [-0.25, -0.2) is 5.10 Å². The van der Waals surface area contributed by atoms with Crippen LogP contribution < -0.4 is 11.3 Å². The number of fused-ring (bicyclic) bond motifs is 1. The SMILES string of the molecule is Nc1cccc2c(=O)[nH]ncc12. The monoisotopic (exact) mass is 161 g/mol. The van der Waals surface area contributed by atoms with Crippen LogP contribution in [0.3, 0.4) is 0 Å². The third kappa shape index (κ3) is 0.852. The van der Waals surface area contributed by atoms with E-state index < -0.39 is 0 Å². The molecule has 1 aromatic carbocycles. The summed E-state index contributed by atoms with van der Waals surface area (Å²) < 4.78 is 0. The summed E-state index contributed by atoms with van der Waals surface area (Å²) in [6, 6.07) is 5.20. The summed E-state index contributed by atoms with van der Waals surface area (Å²) >= 11 is 0. The topological polar surface area (TPSA) is 71.8 Å². The molecule has 4 heteroatoms. The predicted octanol–water partition coefficient (Wildman–Crippen LogP) is 0.505. The minimum Gasteiger partial charge on any atom is -0.398 e. The van der Waals surface area contributed by atoms with Crippen molar-refractivity contribution in [2.45, 2.75) is 0 Å². The second-order valence-electron chi connectivity index (χ2n) is 2.51. The quantitative estimate of drug-likeness (QED) is 0.553. The van der Waals surface area contributed by atoms with Crippen molar-refractivity contribution in [1.82, 2.24) is 10.2 Å². The molecule has 60 valence electrons. The van der Waals surface area contributed by atoms with Crippen LogP contribution >= 0.6 is 0 Å². The molecule has 0 aliphatic carbocycles. The number of nitrogens with zero attached hydrogens (tertiary/aromatic N) is 1. The zero-order valence-electron chi connectivity index (χ0n) is 6.24. The standard InChI is InChI=1S/C8H7N3O/c9-7-3-1-2-5-6(7)4-10-11-8(5)12/h1-4H,9H2,(H,11,12). The van der Waals surface area contributed by atoms with Crippen molar-refractivity contribution in [1.29, 1.82) is 0 Å². The molecule has 3 N–H and O–H groups in total. The zero-order chi connectivity index (χ0) is 8.55. The second kappa shape index (κ2) is 2.34. The van der Waals surface area contributed by atoms with Gasteiger partial charge in [-0.15, -0.1) is 0 Å². The Balaban J connectivity index is 3.05. The molecule has 0 aliphatic heterocycles. The molecule has 0 saturated heterocycles. The van der Waals surface area contributed by atoms with E-state index >= 15 is 0 Å². The van der Waals surface area contributed by atoms with Crippen LogP contribution in [0, 0.1) is 0 Å². The van der Waals surface area contributed by atoms with Gasteiger partial charge in [-0.3, -0.25) is 4.79 Å². The second-order valence-corrected chi connectivity index (χ2v) is 2.51. The fourth-order valence-corrected chi connectivity index (χ4v) is 1.14. The molecule has 1 aromatic heterocycles. The van der Waals surface area contributed by atoms with Gasteiger partial charge in [0.25, 0.3) is 5.56 Å². The summed E-state index contributed by atoms with van der Waals surface area (Å²) in [6.45, 7) is 0. The van der Waals surface area contributed by atoms with Gasteiger partial charge in [0.2, 0.25) is 0 Å². The van der Waals surface area contributed by atoms with E-state index in [1.807, 2.05) is 0 Å². The largest absolute Gasteiger partial charge is 0.398 e. The highest BCUT2D eigenvalue weighted by Crippen LogP contribution is 2.14. The average molecular weight is 161 g/mol. The predicted molar refractivity (Wildman–Crippen MR) is 46.8 cm³/mol. The van der Waals surface area contributed by atoms with Gasteiger partial charge >= 0.3 is 0 Å². The summed E-state index contributed by atoms with van der Waals surface area (Å²) in [7, 11) is 0. The van der Waals surface area contributed by atoms with E-state index in [1.54, 1.807) is 24.4 Å². The maximum atomic E-state index is 11.2. The van der Waals surface area contributed by atoms with Crippen molar-refractivity contribution in [3.8, 4) is 0 Å². The first-order chi connectivity index (χ1) is 5.79. The van der Waals surface area contributed by atoms with Gasteiger partial charge in [-0.2, -0.15) is 5.10 Å².